The smallest absolute Gasteiger partial charge is 0.335 e. The molecule has 1 rings (SSSR count). The van der Waals surface area contributed by atoms with Crippen LogP contribution in [0.1, 0.15) is 24.2 Å². The largest absolute Gasteiger partial charge is 0.478 e. The number of benzene rings is 1. The van der Waals surface area contributed by atoms with Crippen molar-refractivity contribution < 1.29 is 18.3 Å². The highest BCUT2D eigenvalue weighted by molar-refractivity contribution is 7.91. The average Bonchev–Trinajstić information content (AvgIpc) is 2.39. The Bertz CT molecular complexity index is 582. The molecule has 0 saturated carbocycles. The first-order chi connectivity index (χ1) is 9.31. The third kappa shape index (κ3) is 4.19. The van der Waals surface area contributed by atoms with Gasteiger partial charge in [-0.15, -0.1) is 0 Å². The lowest BCUT2D eigenvalue weighted by atomic mass is 10.2. The van der Waals surface area contributed by atoms with Gasteiger partial charge in [-0.05, 0) is 31.3 Å². The molecule has 20 heavy (non-hydrogen) atoms. The molecule has 0 saturated heterocycles. The molecule has 0 aliphatic carbocycles. The van der Waals surface area contributed by atoms with Crippen LogP contribution in [0.5, 0.6) is 0 Å². The van der Waals surface area contributed by atoms with Crippen LogP contribution in [-0.2, 0) is 9.84 Å². The minimum atomic E-state index is -3.60. The van der Waals surface area contributed by atoms with Crippen molar-refractivity contribution in [1.82, 2.24) is 4.90 Å². The maximum atomic E-state index is 12.3. The summed E-state index contributed by atoms with van der Waals surface area (Å²) in [5.41, 5.74) is -0.0872. The second-order valence-electron chi connectivity index (χ2n) is 4.30. The molecule has 5 nitrogen and oxygen atoms in total. The predicted molar refractivity (Wildman–Crippen MR) is 78.3 cm³/mol. The van der Waals surface area contributed by atoms with Crippen LogP contribution in [0.2, 0.25) is 5.02 Å². The Morgan fingerprint density at radius 3 is 2.40 bits per heavy atom. The fraction of sp³-hybridized carbons (Fsp3) is 0.462. The highest BCUT2D eigenvalue weighted by Crippen LogP contribution is 2.24. The summed E-state index contributed by atoms with van der Waals surface area (Å²) >= 11 is 5.88. The first-order valence-electron chi connectivity index (χ1n) is 6.29. The molecule has 0 aromatic heterocycles. The van der Waals surface area contributed by atoms with Gasteiger partial charge in [0.2, 0.25) is 0 Å². The van der Waals surface area contributed by atoms with Crippen LogP contribution >= 0.6 is 11.6 Å². The van der Waals surface area contributed by atoms with Crippen molar-refractivity contribution in [2.45, 2.75) is 18.7 Å². The third-order valence-corrected chi connectivity index (χ3v) is 5.25. The highest BCUT2D eigenvalue weighted by Gasteiger charge is 2.20. The van der Waals surface area contributed by atoms with Crippen molar-refractivity contribution >= 4 is 27.4 Å². The summed E-state index contributed by atoms with van der Waals surface area (Å²) in [4.78, 5) is 12.8. The number of rotatable bonds is 7. The molecule has 0 aliphatic rings. The first-order valence-corrected chi connectivity index (χ1v) is 8.32. The SMILES string of the molecule is CCN(CC)CCS(=O)(=O)c1cc(C(=O)O)ccc1Cl. The van der Waals surface area contributed by atoms with Gasteiger partial charge in [0.15, 0.2) is 9.84 Å². The lowest BCUT2D eigenvalue weighted by Crippen LogP contribution is -2.29. The van der Waals surface area contributed by atoms with Crippen LogP contribution in [0, 0.1) is 0 Å². The molecule has 0 spiro atoms. The van der Waals surface area contributed by atoms with Gasteiger partial charge in [-0.3, -0.25) is 0 Å². The predicted octanol–water partition coefficient (Wildman–Crippen LogP) is 2.15. The summed E-state index contributed by atoms with van der Waals surface area (Å²) in [7, 11) is -3.60. The summed E-state index contributed by atoms with van der Waals surface area (Å²) in [6, 6.07) is 3.70. The van der Waals surface area contributed by atoms with Crippen molar-refractivity contribution in [3.63, 3.8) is 0 Å². The Morgan fingerprint density at radius 1 is 1.30 bits per heavy atom. The van der Waals surface area contributed by atoms with E-state index in [0.717, 1.165) is 19.2 Å². The van der Waals surface area contributed by atoms with Gasteiger partial charge >= 0.3 is 5.97 Å². The maximum Gasteiger partial charge on any atom is 0.335 e. The van der Waals surface area contributed by atoms with E-state index in [-0.39, 0.29) is 21.2 Å². The van der Waals surface area contributed by atoms with Crippen LogP contribution in [-0.4, -0.2) is 49.8 Å². The van der Waals surface area contributed by atoms with E-state index >= 15 is 0 Å². The summed E-state index contributed by atoms with van der Waals surface area (Å²) in [6.45, 7) is 5.81. The van der Waals surface area contributed by atoms with Gasteiger partial charge in [0.25, 0.3) is 0 Å². The van der Waals surface area contributed by atoms with Gasteiger partial charge in [-0.25, -0.2) is 13.2 Å². The molecule has 0 radical (unpaired) electrons. The highest BCUT2D eigenvalue weighted by atomic mass is 35.5. The molecular weight excluding hydrogens is 302 g/mol. The van der Waals surface area contributed by atoms with E-state index in [2.05, 4.69) is 0 Å². The topological polar surface area (TPSA) is 74.7 Å². The van der Waals surface area contributed by atoms with Gasteiger partial charge in [-0.1, -0.05) is 25.4 Å². The number of carboxylic acids is 1. The van der Waals surface area contributed by atoms with Crippen LogP contribution in [0.4, 0.5) is 0 Å². The quantitative estimate of drug-likeness (QED) is 0.833. The number of sulfone groups is 1. The van der Waals surface area contributed by atoms with Crippen LogP contribution in [0.25, 0.3) is 0 Å². The molecule has 0 bridgehead atoms. The normalized spacial score (nSPS) is 11.8. The first kappa shape index (κ1) is 16.9. The molecule has 0 amide bonds. The van der Waals surface area contributed by atoms with Crippen molar-refractivity contribution in [1.29, 1.82) is 0 Å². The van der Waals surface area contributed by atoms with Crippen molar-refractivity contribution in [2.75, 3.05) is 25.4 Å². The van der Waals surface area contributed by atoms with E-state index in [0.29, 0.717) is 6.54 Å². The van der Waals surface area contributed by atoms with E-state index in [1.807, 2.05) is 18.7 Å². The summed E-state index contributed by atoms with van der Waals surface area (Å²) in [6.07, 6.45) is 0. The van der Waals surface area contributed by atoms with Crippen LogP contribution in [0.15, 0.2) is 23.1 Å². The van der Waals surface area contributed by atoms with Gasteiger partial charge in [-0.2, -0.15) is 0 Å². The molecule has 1 N–H and O–H groups in total. The Morgan fingerprint density at radius 2 is 1.90 bits per heavy atom. The molecule has 0 aliphatic heterocycles. The number of aromatic carboxylic acids is 1. The molecule has 1 aromatic rings. The fourth-order valence-corrected chi connectivity index (χ4v) is 3.63. The van der Waals surface area contributed by atoms with Gasteiger partial charge < -0.3 is 10.0 Å². The summed E-state index contributed by atoms with van der Waals surface area (Å²) in [5, 5.41) is 8.96. The Balaban J connectivity index is 3.03. The summed E-state index contributed by atoms with van der Waals surface area (Å²) < 4.78 is 24.5. The monoisotopic (exact) mass is 319 g/mol. The number of carboxylic acid groups (broad SMARTS) is 1. The molecular formula is C13H18ClNO4S. The fourth-order valence-electron chi connectivity index (χ4n) is 1.77. The number of halogens is 1. The maximum absolute atomic E-state index is 12.3. The van der Waals surface area contributed by atoms with Crippen molar-refractivity contribution in [3.05, 3.63) is 28.8 Å². The Hall–Kier alpha value is -1.11. The number of hydrogen-bond donors (Lipinski definition) is 1. The third-order valence-electron chi connectivity index (χ3n) is 3.08. The number of hydrogen-bond acceptors (Lipinski definition) is 4. The molecule has 0 heterocycles. The molecule has 112 valence electrons. The van der Waals surface area contributed by atoms with Crippen LogP contribution in [0.3, 0.4) is 0 Å². The second-order valence-corrected chi connectivity index (χ2v) is 6.78. The van der Waals surface area contributed by atoms with Crippen molar-refractivity contribution in [2.24, 2.45) is 0 Å². The van der Waals surface area contributed by atoms with E-state index in [4.69, 9.17) is 16.7 Å². The minimum absolute atomic E-state index is 0.0505. The zero-order valence-electron chi connectivity index (χ0n) is 11.5. The molecule has 0 fully saturated rings. The standard InChI is InChI=1S/C13H18ClNO4S/c1-3-15(4-2)7-8-20(18,19)12-9-10(13(16)17)5-6-11(12)14/h5-6,9H,3-4,7-8H2,1-2H3,(H,16,17). The molecule has 0 unspecified atom stereocenters. The van der Waals surface area contributed by atoms with E-state index < -0.39 is 15.8 Å². The average molecular weight is 320 g/mol. The molecule has 7 heteroatoms. The lowest BCUT2D eigenvalue weighted by molar-refractivity contribution is 0.0696. The minimum Gasteiger partial charge on any atom is -0.478 e. The van der Waals surface area contributed by atoms with Crippen LogP contribution < -0.4 is 0 Å². The van der Waals surface area contributed by atoms with E-state index in [1.165, 1.54) is 12.1 Å². The second kappa shape index (κ2) is 7.06. The van der Waals surface area contributed by atoms with Gasteiger partial charge in [0, 0.05) is 6.54 Å². The molecule has 1 aromatic carbocycles. The van der Waals surface area contributed by atoms with Gasteiger partial charge in [0.1, 0.15) is 0 Å². The number of nitrogens with zero attached hydrogens (tertiary/aromatic N) is 1. The Labute approximate surface area is 124 Å². The Kier molecular flexibility index (Phi) is 5.98. The zero-order valence-corrected chi connectivity index (χ0v) is 13.0. The van der Waals surface area contributed by atoms with Crippen molar-refractivity contribution in [3.8, 4) is 0 Å². The number of carbonyl (C=O) groups is 1. The summed E-state index contributed by atoms with van der Waals surface area (Å²) in [5.74, 6) is -1.26. The molecule has 0 atom stereocenters. The van der Waals surface area contributed by atoms with E-state index in [1.54, 1.807) is 0 Å². The zero-order chi connectivity index (χ0) is 15.3. The van der Waals surface area contributed by atoms with E-state index in [9.17, 15) is 13.2 Å². The van der Waals surface area contributed by atoms with Gasteiger partial charge in [0.05, 0.1) is 21.2 Å². The lowest BCUT2D eigenvalue weighted by Gasteiger charge is -2.18.